The van der Waals surface area contributed by atoms with Crippen molar-refractivity contribution in [3.05, 3.63) is 65.0 Å². The van der Waals surface area contributed by atoms with Crippen molar-refractivity contribution in [3.8, 4) is 0 Å². The molecule has 4 amide bonds. The van der Waals surface area contributed by atoms with Crippen LogP contribution in [0.3, 0.4) is 0 Å². The molecule has 3 rings (SSSR count). The Balaban J connectivity index is 1.84. The fourth-order valence-corrected chi connectivity index (χ4v) is 4.29. The van der Waals surface area contributed by atoms with Gasteiger partial charge in [-0.25, -0.2) is 9.78 Å². The molecule has 1 aliphatic heterocycles. The summed E-state index contributed by atoms with van der Waals surface area (Å²) >= 11 is 0. The number of hydrogen-bond acceptors (Lipinski definition) is 8. The standard InChI is InChI=1S/C29H40N8O4/c1-17(2)33-25-18(3)16-37(22-13-10-20(15-31-22)27(39)35(4)5)28(40)23(25)24(30)26(38)32-14-19-8-11-21(12-9-19)34-29(41)36(6)7/h8-13,15,17-18,28,40H,14,16,30H2,1-7H3,(H,32,38)(H,34,41)/b24-23+,33-25?. The van der Waals surface area contributed by atoms with E-state index in [1.54, 1.807) is 69.5 Å². The molecule has 0 saturated carbocycles. The highest BCUT2D eigenvalue weighted by molar-refractivity contribution is 6.10. The van der Waals surface area contributed by atoms with Gasteiger partial charge < -0.3 is 36.2 Å². The highest BCUT2D eigenvalue weighted by Gasteiger charge is 2.37. The lowest BCUT2D eigenvalue weighted by Gasteiger charge is -2.40. The average molecular weight is 565 g/mol. The number of anilines is 2. The minimum absolute atomic E-state index is 0.0852. The maximum absolute atomic E-state index is 13.2. The van der Waals surface area contributed by atoms with E-state index in [1.807, 2.05) is 20.8 Å². The van der Waals surface area contributed by atoms with Crippen LogP contribution >= 0.6 is 0 Å². The van der Waals surface area contributed by atoms with Gasteiger partial charge in [-0.1, -0.05) is 19.1 Å². The topological polar surface area (TPSA) is 156 Å². The van der Waals surface area contributed by atoms with Gasteiger partial charge in [-0.3, -0.25) is 14.6 Å². The number of pyridine rings is 1. The number of rotatable bonds is 7. The van der Waals surface area contributed by atoms with Crippen molar-refractivity contribution in [1.82, 2.24) is 20.1 Å². The van der Waals surface area contributed by atoms with Crippen LogP contribution in [0.5, 0.6) is 0 Å². The first kappa shape index (κ1) is 31.1. The van der Waals surface area contributed by atoms with Crippen molar-refractivity contribution in [3.63, 3.8) is 0 Å². The van der Waals surface area contributed by atoms with Crippen molar-refractivity contribution in [1.29, 1.82) is 0 Å². The van der Waals surface area contributed by atoms with E-state index in [0.717, 1.165) is 5.56 Å². The number of hydrogen-bond donors (Lipinski definition) is 4. The largest absolute Gasteiger partial charge is 0.394 e. The molecule has 1 aromatic heterocycles. The van der Waals surface area contributed by atoms with Gasteiger partial charge in [-0.05, 0) is 43.7 Å². The van der Waals surface area contributed by atoms with Gasteiger partial charge in [-0.15, -0.1) is 0 Å². The molecule has 12 heteroatoms. The van der Waals surface area contributed by atoms with Crippen LogP contribution in [0.25, 0.3) is 0 Å². The maximum atomic E-state index is 13.2. The zero-order valence-electron chi connectivity index (χ0n) is 24.7. The van der Waals surface area contributed by atoms with E-state index in [-0.39, 0.29) is 41.7 Å². The van der Waals surface area contributed by atoms with Gasteiger partial charge in [0.25, 0.3) is 11.8 Å². The predicted octanol–water partition coefficient (Wildman–Crippen LogP) is 2.03. The third kappa shape index (κ3) is 7.60. The Morgan fingerprint density at radius 2 is 1.76 bits per heavy atom. The Morgan fingerprint density at radius 1 is 1.10 bits per heavy atom. The Labute approximate surface area is 240 Å². The normalized spacial score (nSPS) is 19.1. The number of nitrogens with one attached hydrogen (secondary N) is 2. The molecule has 1 fully saturated rings. The van der Waals surface area contributed by atoms with Gasteiger partial charge in [0.15, 0.2) is 6.23 Å². The molecule has 5 N–H and O–H groups in total. The molecule has 1 aliphatic rings. The highest BCUT2D eigenvalue weighted by Crippen LogP contribution is 2.29. The van der Waals surface area contributed by atoms with E-state index in [4.69, 9.17) is 10.7 Å². The number of nitrogens with two attached hydrogens (primary N) is 1. The van der Waals surface area contributed by atoms with Crippen LogP contribution in [0.1, 0.15) is 36.7 Å². The monoisotopic (exact) mass is 564 g/mol. The molecular formula is C29H40N8O4. The van der Waals surface area contributed by atoms with Crippen molar-refractivity contribution >= 4 is 35.1 Å². The van der Waals surface area contributed by atoms with Crippen LogP contribution in [-0.4, -0.2) is 90.5 Å². The lowest BCUT2D eigenvalue weighted by molar-refractivity contribution is -0.117. The van der Waals surface area contributed by atoms with Crippen LogP contribution in [0.15, 0.2) is 58.9 Å². The van der Waals surface area contributed by atoms with Gasteiger partial charge >= 0.3 is 6.03 Å². The number of aliphatic hydroxyl groups is 1. The van der Waals surface area contributed by atoms with E-state index in [9.17, 15) is 19.5 Å². The van der Waals surface area contributed by atoms with Crippen molar-refractivity contribution in [2.75, 3.05) is 45.0 Å². The third-order valence-corrected chi connectivity index (χ3v) is 6.46. The fraction of sp³-hybridized carbons (Fsp3) is 0.414. The number of aliphatic imine (C=N–C) groups is 1. The minimum Gasteiger partial charge on any atom is -0.394 e. The first-order valence-electron chi connectivity index (χ1n) is 13.4. The first-order chi connectivity index (χ1) is 19.3. The molecule has 1 aromatic carbocycles. The van der Waals surface area contributed by atoms with Gasteiger partial charge in [0.05, 0.1) is 11.1 Å². The molecule has 2 unspecified atom stereocenters. The number of aliphatic hydroxyl groups excluding tert-OH is 1. The van der Waals surface area contributed by atoms with E-state index in [0.29, 0.717) is 29.3 Å². The molecule has 0 spiro atoms. The molecular weight excluding hydrogens is 524 g/mol. The number of piperidine rings is 1. The van der Waals surface area contributed by atoms with Crippen LogP contribution in [0.2, 0.25) is 0 Å². The number of aromatic nitrogens is 1. The molecule has 41 heavy (non-hydrogen) atoms. The van der Waals surface area contributed by atoms with Gasteiger partial charge in [0, 0.05) is 70.8 Å². The van der Waals surface area contributed by atoms with Crippen molar-refractivity contribution in [2.45, 2.75) is 39.6 Å². The quantitative estimate of drug-likeness (QED) is 0.375. The Kier molecular flexibility index (Phi) is 10.1. The number of amides is 4. The lowest BCUT2D eigenvalue weighted by atomic mass is 9.89. The maximum Gasteiger partial charge on any atom is 0.321 e. The number of urea groups is 1. The molecule has 2 aromatic rings. The van der Waals surface area contributed by atoms with E-state index in [2.05, 4.69) is 15.6 Å². The minimum atomic E-state index is -1.28. The fourth-order valence-electron chi connectivity index (χ4n) is 4.29. The number of carbonyl (C=O) groups excluding carboxylic acids is 3. The lowest BCUT2D eigenvalue weighted by Crippen LogP contribution is -2.51. The molecule has 0 radical (unpaired) electrons. The van der Waals surface area contributed by atoms with E-state index >= 15 is 0 Å². The number of benzene rings is 1. The second kappa shape index (κ2) is 13.3. The second-order valence-electron chi connectivity index (χ2n) is 10.7. The summed E-state index contributed by atoms with van der Waals surface area (Å²) in [7, 11) is 6.63. The predicted molar refractivity (Wildman–Crippen MR) is 160 cm³/mol. The summed E-state index contributed by atoms with van der Waals surface area (Å²) in [6.45, 7) is 6.35. The van der Waals surface area contributed by atoms with Crippen LogP contribution in [-0.2, 0) is 11.3 Å². The van der Waals surface area contributed by atoms with E-state index < -0.39 is 12.1 Å². The SMILES string of the molecule is CC(C)N=C1/C(=C(\N)C(=O)NCc2ccc(NC(=O)N(C)C)cc2)C(O)N(c2ccc(C(=O)N(C)C)cn2)CC1C. The molecule has 0 aliphatic carbocycles. The van der Waals surface area contributed by atoms with Gasteiger partial charge in [-0.2, -0.15) is 0 Å². The van der Waals surface area contributed by atoms with Gasteiger partial charge in [0.2, 0.25) is 0 Å². The van der Waals surface area contributed by atoms with E-state index in [1.165, 1.54) is 16.0 Å². The summed E-state index contributed by atoms with van der Waals surface area (Å²) in [4.78, 5) is 51.0. The summed E-state index contributed by atoms with van der Waals surface area (Å²) in [5, 5.41) is 17.0. The molecule has 1 saturated heterocycles. The summed E-state index contributed by atoms with van der Waals surface area (Å²) in [5.74, 6) is -0.459. The summed E-state index contributed by atoms with van der Waals surface area (Å²) < 4.78 is 0. The number of carbonyl (C=O) groups is 3. The average Bonchev–Trinajstić information content (AvgIpc) is 2.93. The summed E-state index contributed by atoms with van der Waals surface area (Å²) in [5.41, 5.74) is 8.90. The molecule has 12 nitrogen and oxygen atoms in total. The zero-order valence-corrected chi connectivity index (χ0v) is 24.7. The Bertz CT molecular complexity index is 1320. The molecule has 220 valence electrons. The smallest absolute Gasteiger partial charge is 0.321 e. The Hall–Kier alpha value is -4.45. The summed E-state index contributed by atoms with van der Waals surface area (Å²) in [6.07, 6.45) is 0.181. The van der Waals surface area contributed by atoms with Crippen LogP contribution < -0.4 is 21.3 Å². The second-order valence-corrected chi connectivity index (χ2v) is 10.7. The highest BCUT2D eigenvalue weighted by atomic mass is 16.3. The molecule has 2 heterocycles. The summed E-state index contributed by atoms with van der Waals surface area (Å²) in [6, 6.07) is 10.0. The zero-order chi connectivity index (χ0) is 30.4. The molecule has 2 atom stereocenters. The number of nitrogens with zero attached hydrogens (tertiary/aromatic N) is 5. The first-order valence-corrected chi connectivity index (χ1v) is 13.4. The Morgan fingerprint density at radius 3 is 2.29 bits per heavy atom. The third-order valence-electron chi connectivity index (χ3n) is 6.46. The van der Waals surface area contributed by atoms with Crippen LogP contribution in [0, 0.1) is 5.92 Å². The molecule has 0 bridgehead atoms. The van der Waals surface area contributed by atoms with Crippen molar-refractivity contribution < 1.29 is 19.5 Å². The van der Waals surface area contributed by atoms with Crippen LogP contribution in [0.4, 0.5) is 16.3 Å². The van der Waals surface area contributed by atoms with Crippen molar-refractivity contribution in [2.24, 2.45) is 16.6 Å². The van der Waals surface area contributed by atoms with Gasteiger partial charge in [0.1, 0.15) is 11.5 Å².